The summed E-state index contributed by atoms with van der Waals surface area (Å²) >= 11 is 5.98. The largest absolute Gasteiger partial charge is 0.349 e. The number of amides is 1. The van der Waals surface area contributed by atoms with E-state index in [0.717, 1.165) is 11.3 Å². The third-order valence-corrected chi connectivity index (χ3v) is 3.72. The summed E-state index contributed by atoms with van der Waals surface area (Å²) < 4.78 is 0. The molecule has 25 heavy (non-hydrogen) atoms. The summed E-state index contributed by atoms with van der Waals surface area (Å²) in [5.74, 6) is 0.0368. The van der Waals surface area contributed by atoms with Crippen molar-refractivity contribution in [3.05, 3.63) is 76.8 Å². The molecular weight excluding hydrogens is 338 g/mol. The van der Waals surface area contributed by atoms with Gasteiger partial charge in [0, 0.05) is 23.1 Å². The number of nitrogens with one attached hydrogen (secondary N) is 2. The Morgan fingerprint density at radius 2 is 2.00 bits per heavy atom. The molecular formula is C18H16ClN5O. The fourth-order valence-corrected chi connectivity index (χ4v) is 2.33. The van der Waals surface area contributed by atoms with E-state index in [1.54, 1.807) is 24.4 Å². The number of nitrogens with zero attached hydrogens (tertiary/aromatic N) is 3. The number of pyridine rings is 1. The molecule has 7 heteroatoms. The molecule has 0 unspecified atom stereocenters. The third kappa shape index (κ3) is 4.51. The van der Waals surface area contributed by atoms with Crippen molar-refractivity contribution in [3.8, 4) is 0 Å². The van der Waals surface area contributed by atoms with Gasteiger partial charge in [-0.15, -0.1) is 0 Å². The monoisotopic (exact) mass is 353 g/mol. The zero-order chi connectivity index (χ0) is 17.6. The van der Waals surface area contributed by atoms with E-state index in [1.165, 1.54) is 6.20 Å². The Balaban J connectivity index is 1.70. The molecule has 0 atom stereocenters. The summed E-state index contributed by atoms with van der Waals surface area (Å²) in [5.41, 5.74) is 2.69. The molecule has 0 bridgehead atoms. The Hall–Kier alpha value is -2.99. The zero-order valence-electron chi connectivity index (χ0n) is 13.5. The molecule has 0 saturated heterocycles. The van der Waals surface area contributed by atoms with Crippen LogP contribution in [-0.2, 0) is 6.54 Å². The molecule has 6 nitrogen and oxygen atoms in total. The van der Waals surface area contributed by atoms with Crippen LogP contribution in [0.5, 0.6) is 0 Å². The standard InChI is InChI=1S/C18H16ClN5O/c1-12-5-6-13(19)10-16(12)23-17(25)15-7-9-21-18(24-15)22-11-14-4-2-3-8-20-14/h2-10H,11H2,1H3,(H,23,25)(H,21,22,24). The average molecular weight is 354 g/mol. The van der Waals surface area contributed by atoms with Gasteiger partial charge in [0.2, 0.25) is 5.95 Å². The number of hydrogen-bond acceptors (Lipinski definition) is 5. The van der Waals surface area contributed by atoms with E-state index in [-0.39, 0.29) is 11.6 Å². The predicted molar refractivity (Wildman–Crippen MR) is 97.7 cm³/mol. The molecule has 1 amide bonds. The van der Waals surface area contributed by atoms with Gasteiger partial charge in [0.15, 0.2) is 0 Å². The Morgan fingerprint density at radius 1 is 1.12 bits per heavy atom. The smallest absolute Gasteiger partial charge is 0.274 e. The minimum absolute atomic E-state index is 0.262. The maximum absolute atomic E-state index is 12.4. The van der Waals surface area contributed by atoms with Crippen molar-refractivity contribution >= 4 is 29.1 Å². The van der Waals surface area contributed by atoms with E-state index in [0.29, 0.717) is 23.2 Å². The minimum Gasteiger partial charge on any atom is -0.349 e. The number of carbonyl (C=O) groups is 1. The number of hydrogen-bond donors (Lipinski definition) is 2. The third-order valence-electron chi connectivity index (χ3n) is 3.49. The lowest BCUT2D eigenvalue weighted by Gasteiger charge is -2.09. The normalized spacial score (nSPS) is 10.3. The molecule has 2 N–H and O–H groups in total. The van der Waals surface area contributed by atoms with Gasteiger partial charge in [-0.3, -0.25) is 9.78 Å². The number of rotatable bonds is 5. The summed E-state index contributed by atoms with van der Waals surface area (Å²) in [6.45, 7) is 2.37. The highest BCUT2D eigenvalue weighted by atomic mass is 35.5. The summed E-state index contributed by atoms with van der Waals surface area (Å²) in [4.78, 5) is 25.0. The second-order valence-electron chi connectivity index (χ2n) is 5.35. The Morgan fingerprint density at radius 3 is 2.80 bits per heavy atom. The molecule has 1 aromatic carbocycles. The van der Waals surface area contributed by atoms with Crippen molar-refractivity contribution in [3.63, 3.8) is 0 Å². The SMILES string of the molecule is Cc1ccc(Cl)cc1NC(=O)c1ccnc(NCc2ccccn2)n1. The zero-order valence-corrected chi connectivity index (χ0v) is 14.3. The van der Waals surface area contributed by atoms with Crippen molar-refractivity contribution in [2.75, 3.05) is 10.6 Å². The molecule has 0 aliphatic heterocycles. The van der Waals surface area contributed by atoms with Gasteiger partial charge in [-0.2, -0.15) is 0 Å². The molecule has 3 aromatic rings. The maximum atomic E-state index is 12.4. The van der Waals surface area contributed by atoms with Crippen LogP contribution in [0.3, 0.4) is 0 Å². The van der Waals surface area contributed by atoms with E-state index in [9.17, 15) is 4.79 Å². The first-order valence-electron chi connectivity index (χ1n) is 7.66. The first kappa shape index (κ1) is 16.9. The second kappa shape index (κ2) is 7.72. The quantitative estimate of drug-likeness (QED) is 0.731. The van der Waals surface area contributed by atoms with Gasteiger partial charge >= 0.3 is 0 Å². The van der Waals surface area contributed by atoms with Gasteiger partial charge in [0.1, 0.15) is 5.69 Å². The van der Waals surface area contributed by atoms with E-state index in [2.05, 4.69) is 25.6 Å². The van der Waals surface area contributed by atoms with Crippen LogP contribution in [0.1, 0.15) is 21.7 Å². The molecule has 0 aliphatic rings. The highest BCUT2D eigenvalue weighted by molar-refractivity contribution is 6.31. The molecule has 0 spiro atoms. The van der Waals surface area contributed by atoms with Crippen LogP contribution >= 0.6 is 11.6 Å². The lowest BCUT2D eigenvalue weighted by molar-refractivity contribution is 0.102. The fraction of sp³-hybridized carbons (Fsp3) is 0.111. The van der Waals surface area contributed by atoms with Crippen LogP contribution in [0.2, 0.25) is 5.02 Å². The molecule has 2 aromatic heterocycles. The minimum atomic E-state index is -0.325. The van der Waals surface area contributed by atoms with E-state index < -0.39 is 0 Å². The van der Waals surface area contributed by atoms with Crippen LogP contribution in [0.4, 0.5) is 11.6 Å². The first-order chi connectivity index (χ1) is 12.1. The molecule has 3 rings (SSSR count). The van der Waals surface area contributed by atoms with Crippen molar-refractivity contribution in [1.29, 1.82) is 0 Å². The number of carbonyl (C=O) groups excluding carboxylic acids is 1. The highest BCUT2D eigenvalue weighted by Crippen LogP contribution is 2.20. The van der Waals surface area contributed by atoms with Crippen molar-refractivity contribution in [2.45, 2.75) is 13.5 Å². The summed E-state index contributed by atoms with van der Waals surface area (Å²) in [7, 11) is 0. The van der Waals surface area contributed by atoms with Crippen LogP contribution in [0, 0.1) is 6.92 Å². The van der Waals surface area contributed by atoms with Gasteiger partial charge in [-0.1, -0.05) is 23.7 Å². The predicted octanol–water partition coefficient (Wildman–Crippen LogP) is 3.70. The van der Waals surface area contributed by atoms with E-state index in [1.807, 2.05) is 31.2 Å². The number of aromatic nitrogens is 3. The highest BCUT2D eigenvalue weighted by Gasteiger charge is 2.11. The lowest BCUT2D eigenvalue weighted by atomic mass is 10.2. The van der Waals surface area contributed by atoms with E-state index >= 15 is 0 Å². The number of aryl methyl sites for hydroxylation is 1. The maximum Gasteiger partial charge on any atom is 0.274 e. The van der Waals surface area contributed by atoms with Gasteiger partial charge < -0.3 is 10.6 Å². The Kier molecular flexibility index (Phi) is 5.20. The molecule has 126 valence electrons. The van der Waals surface area contributed by atoms with Crippen LogP contribution in [-0.4, -0.2) is 20.9 Å². The number of benzene rings is 1. The van der Waals surface area contributed by atoms with Crippen LogP contribution in [0.15, 0.2) is 54.9 Å². The summed E-state index contributed by atoms with van der Waals surface area (Å²) in [6.07, 6.45) is 3.25. The van der Waals surface area contributed by atoms with Gasteiger partial charge in [-0.25, -0.2) is 9.97 Å². The molecule has 0 fully saturated rings. The molecule has 0 radical (unpaired) electrons. The van der Waals surface area contributed by atoms with E-state index in [4.69, 9.17) is 11.6 Å². The first-order valence-corrected chi connectivity index (χ1v) is 8.04. The summed E-state index contributed by atoms with van der Waals surface area (Å²) in [6, 6.07) is 12.5. The van der Waals surface area contributed by atoms with Crippen LogP contribution in [0.25, 0.3) is 0 Å². The fourth-order valence-electron chi connectivity index (χ4n) is 2.16. The van der Waals surface area contributed by atoms with Gasteiger partial charge in [0.25, 0.3) is 5.91 Å². The second-order valence-corrected chi connectivity index (χ2v) is 5.79. The Labute approximate surface area is 150 Å². The van der Waals surface area contributed by atoms with Crippen molar-refractivity contribution in [1.82, 2.24) is 15.0 Å². The molecule has 0 saturated carbocycles. The Bertz CT molecular complexity index is 886. The van der Waals surface area contributed by atoms with Crippen molar-refractivity contribution < 1.29 is 4.79 Å². The van der Waals surface area contributed by atoms with Crippen molar-refractivity contribution in [2.24, 2.45) is 0 Å². The number of halogens is 1. The van der Waals surface area contributed by atoms with Gasteiger partial charge in [-0.05, 0) is 42.8 Å². The summed E-state index contributed by atoms with van der Waals surface area (Å²) in [5, 5.41) is 6.43. The number of anilines is 2. The topological polar surface area (TPSA) is 79.8 Å². The van der Waals surface area contributed by atoms with Crippen LogP contribution < -0.4 is 10.6 Å². The molecule has 2 heterocycles. The molecule has 0 aliphatic carbocycles. The lowest BCUT2D eigenvalue weighted by Crippen LogP contribution is -2.16. The average Bonchev–Trinajstić information content (AvgIpc) is 2.64. The van der Waals surface area contributed by atoms with Gasteiger partial charge in [0.05, 0.1) is 12.2 Å².